The number of hydrogen-bond donors (Lipinski definition) is 2. The average molecular weight is 198 g/mol. The van der Waals surface area contributed by atoms with E-state index in [4.69, 9.17) is 4.74 Å². The van der Waals surface area contributed by atoms with Gasteiger partial charge in [-0.3, -0.25) is 4.79 Å². The molecule has 0 radical (unpaired) electrons. The van der Waals surface area contributed by atoms with Gasteiger partial charge in [0.25, 0.3) is 0 Å². The van der Waals surface area contributed by atoms with Crippen molar-refractivity contribution in [1.29, 1.82) is 0 Å². The van der Waals surface area contributed by atoms with Gasteiger partial charge in [0.05, 0.1) is 12.7 Å². The Morgan fingerprint density at radius 3 is 3.07 bits per heavy atom. The molecule has 80 valence electrons. The molecule has 0 aromatic rings. The molecular weight excluding hydrogens is 180 g/mol. The van der Waals surface area contributed by atoms with Gasteiger partial charge in [-0.25, -0.2) is 0 Å². The van der Waals surface area contributed by atoms with E-state index >= 15 is 0 Å². The van der Waals surface area contributed by atoms with E-state index < -0.39 is 0 Å². The van der Waals surface area contributed by atoms with E-state index in [1.54, 1.807) is 6.08 Å². The number of carbonyl (C=O) groups is 1. The summed E-state index contributed by atoms with van der Waals surface area (Å²) < 4.78 is 5.38. The largest absolute Gasteiger partial charge is 0.375 e. The van der Waals surface area contributed by atoms with Gasteiger partial charge in [0.15, 0.2) is 0 Å². The van der Waals surface area contributed by atoms with Gasteiger partial charge in [0.1, 0.15) is 6.04 Å². The Bertz CT molecular complexity index is 218. The first-order valence-electron chi connectivity index (χ1n) is 4.93. The van der Waals surface area contributed by atoms with Crippen LogP contribution >= 0.6 is 0 Å². The van der Waals surface area contributed by atoms with Crippen molar-refractivity contribution in [2.75, 3.05) is 13.2 Å². The summed E-state index contributed by atoms with van der Waals surface area (Å²) >= 11 is 0. The minimum absolute atomic E-state index is 0.00146. The van der Waals surface area contributed by atoms with Gasteiger partial charge in [-0.1, -0.05) is 6.08 Å². The van der Waals surface area contributed by atoms with Crippen LogP contribution < -0.4 is 10.6 Å². The molecule has 3 atom stereocenters. The minimum Gasteiger partial charge on any atom is -0.375 e. The molecule has 1 rings (SSSR count). The van der Waals surface area contributed by atoms with Crippen molar-refractivity contribution in [2.24, 2.45) is 0 Å². The Balaban J connectivity index is 2.45. The van der Waals surface area contributed by atoms with Gasteiger partial charge in [0, 0.05) is 12.6 Å². The van der Waals surface area contributed by atoms with E-state index in [1.807, 2.05) is 13.8 Å². The van der Waals surface area contributed by atoms with Crippen molar-refractivity contribution in [3.8, 4) is 0 Å². The Kier molecular flexibility index (Phi) is 4.10. The number of nitrogens with one attached hydrogen (secondary N) is 2. The van der Waals surface area contributed by atoms with Gasteiger partial charge < -0.3 is 15.4 Å². The van der Waals surface area contributed by atoms with Gasteiger partial charge in [-0.15, -0.1) is 6.58 Å². The Morgan fingerprint density at radius 1 is 1.79 bits per heavy atom. The van der Waals surface area contributed by atoms with Crippen molar-refractivity contribution in [3.63, 3.8) is 0 Å². The lowest BCUT2D eigenvalue weighted by Crippen LogP contribution is -2.56. The lowest BCUT2D eigenvalue weighted by molar-refractivity contribution is -0.129. The molecule has 0 spiro atoms. The lowest BCUT2D eigenvalue weighted by atomic mass is 10.1. The second kappa shape index (κ2) is 5.12. The van der Waals surface area contributed by atoms with Gasteiger partial charge >= 0.3 is 0 Å². The third-order valence-electron chi connectivity index (χ3n) is 2.32. The van der Waals surface area contributed by atoms with Crippen LogP contribution in [0.4, 0.5) is 0 Å². The summed E-state index contributed by atoms with van der Waals surface area (Å²) in [7, 11) is 0. The maximum atomic E-state index is 11.7. The van der Waals surface area contributed by atoms with Crippen molar-refractivity contribution in [2.45, 2.75) is 32.0 Å². The molecule has 1 saturated heterocycles. The molecule has 1 aliphatic rings. The average Bonchev–Trinajstić information content (AvgIpc) is 2.18. The van der Waals surface area contributed by atoms with Gasteiger partial charge in [-0.2, -0.15) is 0 Å². The number of ether oxygens (including phenoxy) is 1. The number of carbonyl (C=O) groups excluding carboxylic acids is 1. The summed E-state index contributed by atoms with van der Waals surface area (Å²) in [5.41, 5.74) is 0. The minimum atomic E-state index is -0.244. The lowest BCUT2D eigenvalue weighted by Gasteiger charge is -2.29. The predicted molar refractivity (Wildman–Crippen MR) is 55.0 cm³/mol. The maximum Gasteiger partial charge on any atom is 0.240 e. The summed E-state index contributed by atoms with van der Waals surface area (Å²) in [4.78, 5) is 11.7. The summed E-state index contributed by atoms with van der Waals surface area (Å²) in [5, 5.41) is 5.96. The first kappa shape index (κ1) is 11.2. The molecule has 0 saturated carbocycles. The Labute approximate surface area is 84.7 Å². The van der Waals surface area contributed by atoms with Crippen molar-refractivity contribution in [1.82, 2.24) is 10.6 Å². The van der Waals surface area contributed by atoms with E-state index in [9.17, 15) is 4.79 Å². The zero-order valence-corrected chi connectivity index (χ0v) is 8.75. The number of hydrogen-bond acceptors (Lipinski definition) is 3. The van der Waals surface area contributed by atoms with Gasteiger partial charge in [-0.05, 0) is 13.8 Å². The maximum absolute atomic E-state index is 11.7. The summed E-state index contributed by atoms with van der Waals surface area (Å²) in [6.45, 7) is 8.79. The first-order chi connectivity index (χ1) is 6.65. The molecule has 1 heterocycles. The molecule has 0 aromatic heterocycles. The van der Waals surface area contributed by atoms with Crippen LogP contribution in [0.1, 0.15) is 13.8 Å². The third-order valence-corrected chi connectivity index (χ3v) is 2.32. The second-order valence-corrected chi connectivity index (χ2v) is 3.54. The molecule has 1 amide bonds. The normalized spacial score (nSPS) is 29.3. The zero-order valence-electron chi connectivity index (χ0n) is 8.75. The topological polar surface area (TPSA) is 50.4 Å². The highest BCUT2D eigenvalue weighted by Gasteiger charge is 2.28. The number of rotatable bonds is 3. The fourth-order valence-electron chi connectivity index (χ4n) is 1.40. The van der Waals surface area contributed by atoms with Crippen molar-refractivity contribution in [3.05, 3.63) is 12.7 Å². The monoisotopic (exact) mass is 198 g/mol. The highest BCUT2D eigenvalue weighted by atomic mass is 16.5. The molecular formula is C10H18N2O2. The zero-order chi connectivity index (χ0) is 10.6. The SMILES string of the molecule is C=CC(C)NC(=O)[C@H]1NCCO[C@@H]1C. The molecule has 2 N–H and O–H groups in total. The molecule has 0 aliphatic carbocycles. The quantitative estimate of drug-likeness (QED) is 0.630. The van der Waals surface area contributed by atoms with Crippen LogP contribution in [0, 0.1) is 0 Å². The standard InChI is InChI=1S/C10H18N2O2/c1-4-7(2)12-10(13)9-8(3)14-6-5-11-9/h4,7-9,11H,1,5-6H2,2-3H3,(H,12,13)/t7?,8-,9+/m1/s1. The van der Waals surface area contributed by atoms with Crippen LogP contribution in [-0.2, 0) is 9.53 Å². The third kappa shape index (κ3) is 2.82. The molecule has 0 bridgehead atoms. The smallest absolute Gasteiger partial charge is 0.240 e. The van der Waals surface area contributed by atoms with E-state index in [-0.39, 0.29) is 24.1 Å². The van der Waals surface area contributed by atoms with E-state index in [0.29, 0.717) is 6.61 Å². The second-order valence-electron chi connectivity index (χ2n) is 3.54. The molecule has 4 heteroatoms. The van der Waals surface area contributed by atoms with E-state index in [1.165, 1.54) is 0 Å². The number of amides is 1. The highest BCUT2D eigenvalue weighted by Crippen LogP contribution is 2.04. The molecule has 0 aromatic carbocycles. The van der Waals surface area contributed by atoms with Crippen molar-refractivity contribution < 1.29 is 9.53 Å². The number of morpholine rings is 1. The molecule has 1 aliphatic heterocycles. The van der Waals surface area contributed by atoms with Crippen LogP contribution in [0.3, 0.4) is 0 Å². The van der Waals surface area contributed by atoms with Crippen LogP contribution in [-0.4, -0.2) is 37.2 Å². The van der Waals surface area contributed by atoms with Crippen LogP contribution in [0.5, 0.6) is 0 Å². The van der Waals surface area contributed by atoms with Crippen LogP contribution in [0.15, 0.2) is 12.7 Å². The van der Waals surface area contributed by atoms with Crippen molar-refractivity contribution >= 4 is 5.91 Å². The fraction of sp³-hybridized carbons (Fsp3) is 0.700. The molecule has 14 heavy (non-hydrogen) atoms. The van der Waals surface area contributed by atoms with Crippen LogP contribution in [0.2, 0.25) is 0 Å². The van der Waals surface area contributed by atoms with E-state index in [2.05, 4.69) is 17.2 Å². The highest BCUT2D eigenvalue weighted by molar-refractivity contribution is 5.82. The Hall–Kier alpha value is -0.870. The summed E-state index contributed by atoms with van der Waals surface area (Å²) in [6, 6.07) is -0.246. The molecule has 1 unspecified atom stereocenters. The van der Waals surface area contributed by atoms with E-state index in [0.717, 1.165) is 6.54 Å². The fourth-order valence-corrected chi connectivity index (χ4v) is 1.40. The first-order valence-corrected chi connectivity index (χ1v) is 4.93. The predicted octanol–water partition coefficient (Wildman–Crippen LogP) is 0.0540. The summed E-state index contributed by atoms with van der Waals surface area (Å²) in [6.07, 6.45) is 1.63. The van der Waals surface area contributed by atoms with Gasteiger partial charge in [0.2, 0.25) is 5.91 Å². The molecule has 4 nitrogen and oxygen atoms in total. The Morgan fingerprint density at radius 2 is 2.50 bits per heavy atom. The summed E-state index contributed by atoms with van der Waals surface area (Å²) in [5.74, 6) is -0.0235. The van der Waals surface area contributed by atoms with Crippen LogP contribution in [0.25, 0.3) is 0 Å². The molecule has 1 fully saturated rings.